The Morgan fingerprint density at radius 1 is 1.00 bits per heavy atom. The second-order valence-electron chi connectivity index (χ2n) is 5.61. The van der Waals surface area contributed by atoms with Crippen molar-refractivity contribution in [2.24, 2.45) is 0 Å². The fourth-order valence-corrected chi connectivity index (χ4v) is 2.53. The summed E-state index contributed by atoms with van der Waals surface area (Å²) in [5, 5.41) is 0. The molecule has 0 bridgehead atoms. The van der Waals surface area contributed by atoms with Gasteiger partial charge < -0.3 is 9.47 Å². The van der Waals surface area contributed by atoms with E-state index < -0.39 is 0 Å². The highest BCUT2D eigenvalue weighted by molar-refractivity contribution is 5.97. The Hall–Kier alpha value is -2.17. The number of carbonyl (C=O) groups excluding carboxylic acids is 1. The number of hydrogen-bond acceptors (Lipinski definition) is 4. The summed E-state index contributed by atoms with van der Waals surface area (Å²) in [4.78, 5) is 14.4. The number of ketones is 1. The van der Waals surface area contributed by atoms with Gasteiger partial charge in [-0.15, -0.1) is 0 Å². The van der Waals surface area contributed by atoms with E-state index >= 15 is 0 Å². The third kappa shape index (κ3) is 4.65. The summed E-state index contributed by atoms with van der Waals surface area (Å²) in [6.07, 6.45) is 0. The van der Waals surface area contributed by atoms with Gasteiger partial charge in [-0.1, -0.05) is 30.3 Å². The van der Waals surface area contributed by atoms with Gasteiger partial charge in [0.2, 0.25) is 0 Å². The van der Waals surface area contributed by atoms with Crippen molar-refractivity contribution in [1.82, 2.24) is 4.90 Å². The Labute approximate surface area is 136 Å². The van der Waals surface area contributed by atoms with Crippen LogP contribution in [0.4, 0.5) is 0 Å². The van der Waals surface area contributed by atoms with Crippen molar-refractivity contribution in [2.45, 2.75) is 6.61 Å². The van der Waals surface area contributed by atoms with Crippen LogP contribution in [-0.2, 0) is 11.3 Å². The van der Waals surface area contributed by atoms with E-state index in [1.807, 2.05) is 54.6 Å². The summed E-state index contributed by atoms with van der Waals surface area (Å²) in [6, 6.07) is 17.4. The molecule has 4 heteroatoms. The molecule has 4 nitrogen and oxygen atoms in total. The van der Waals surface area contributed by atoms with Crippen LogP contribution in [0.1, 0.15) is 15.9 Å². The van der Waals surface area contributed by atoms with Gasteiger partial charge in [-0.3, -0.25) is 9.69 Å². The van der Waals surface area contributed by atoms with E-state index in [-0.39, 0.29) is 5.78 Å². The number of hydrogen-bond donors (Lipinski definition) is 0. The molecule has 0 spiro atoms. The van der Waals surface area contributed by atoms with E-state index in [1.54, 1.807) is 0 Å². The van der Waals surface area contributed by atoms with Gasteiger partial charge in [0.25, 0.3) is 0 Å². The summed E-state index contributed by atoms with van der Waals surface area (Å²) in [5.41, 5.74) is 1.85. The van der Waals surface area contributed by atoms with Gasteiger partial charge in [-0.25, -0.2) is 0 Å². The van der Waals surface area contributed by atoms with Gasteiger partial charge in [0.15, 0.2) is 5.78 Å². The molecule has 2 aromatic carbocycles. The van der Waals surface area contributed by atoms with E-state index in [4.69, 9.17) is 9.47 Å². The molecule has 0 unspecified atom stereocenters. The van der Waals surface area contributed by atoms with Gasteiger partial charge in [0.05, 0.1) is 19.8 Å². The molecule has 0 atom stereocenters. The highest BCUT2D eigenvalue weighted by Crippen LogP contribution is 2.15. The molecule has 0 aliphatic carbocycles. The Balaban J connectivity index is 1.52. The largest absolute Gasteiger partial charge is 0.489 e. The molecule has 1 heterocycles. The zero-order valence-corrected chi connectivity index (χ0v) is 13.1. The molecular weight excluding hydrogens is 290 g/mol. The van der Waals surface area contributed by atoms with Crippen molar-refractivity contribution in [3.63, 3.8) is 0 Å². The van der Waals surface area contributed by atoms with Gasteiger partial charge in [-0.2, -0.15) is 0 Å². The zero-order valence-electron chi connectivity index (χ0n) is 13.1. The van der Waals surface area contributed by atoms with Crippen molar-refractivity contribution < 1.29 is 14.3 Å². The molecule has 0 N–H and O–H groups in total. The second kappa shape index (κ2) is 7.90. The average molecular weight is 311 g/mol. The van der Waals surface area contributed by atoms with Crippen LogP contribution in [0.25, 0.3) is 0 Å². The Morgan fingerprint density at radius 3 is 2.39 bits per heavy atom. The normalized spacial score (nSPS) is 15.3. The first-order chi connectivity index (χ1) is 11.3. The van der Waals surface area contributed by atoms with Crippen molar-refractivity contribution >= 4 is 5.78 Å². The highest BCUT2D eigenvalue weighted by atomic mass is 16.5. The number of nitrogens with zero attached hydrogens (tertiary/aromatic N) is 1. The van der Waals surface area contributed by atoms with Gasteiger partial charge >= 0.3 is 0 Å². The monoisotopic (exact) mass is 311 g/mol. The predicted molar refractivity (Wildman–Crippen MR) is 88.8 cm³/mol. The lowest BCUT2D eigenvalue weighted by Gasteiger charge is -2.25. The van der Waals surface area contributed by atoms with E-state index in [0.29, 0.717) is 26.4 Å². The molecule has 1 saturated heterocycles. The van der Waals surface area contributed by atoms with Gasteiger partial charge in [0.1, 0.15) is 12.4 Å². The zero-order chi connectivity index (χ0) is 15.9. The summed E-state index contributed by atoms with van der Waals surface area (Å²) in [5.74, 6) is 0.915. The van der Waals surface area contributed by atoms with Gasteiger partial charge in [0, 0.05) is 18.7 Å². The summed E-state index contributed by atoms with van der Waals surface area (Å²) in [7, 11) is 0. The third-order valence-electron chi connectivity index (χ3n) is 3.90. The topological polar surface area (TPSA) is 38.8 Å². The second-order valence-corrected chi connectivity index (χ2v) is 5.61. The molecule has 1 aliphatic heterocycles. The number of ether oxygens (including phenoxy) is 2. The fraction of sp³-hybridized carbons (Fsp3) is 0.316. The lowest BCUT2D eigenvalue weighted by molar-refractivity contribution is 0.0371. The van der Waals surface area contributed by atoms with Crippen LogP contribution in [0.2, 0.25) is 0 Å². The first-order valence-electron chi connectivity index (χ1n) is 7.91. The van der Waals surface area contributed by atoms with Crippen molar-refractivity contribution in [3.8, 4) is 5.75 Å². The molecule has 3 rings (SSSR count). The molecule has 2 aromatic rings. The average Bonchev–Trinajstić information content (AvgIpc) is 2.62. The maximum absolute atomic E-state index is 12.3. The SMILES string of the molecule is O=C(CN1CCOCC1)c1ccc(OCc2ccccc2)cc1. The van der Waals surface area contributed by atoms with Crippen LogP contribution < -0.4 is 4.74 Å². The number of rotatable bonds is 6. The minimum Gasteiger partial charge on any atom is -0.489 e. The summed E-state index contributed by atoms with van der Waals surface area (Å²) >= 11 is 0. The summed E-state index contributed by atoms with van der Waals surface area (Å²) in [6.45, 7) is 4.04. The maximum atomic E-state index is 12.3. The number of carbonyl (C=O) groups is 1. The first-order valence-corrected chi connectivity index (χ1v) is 7.91. The molecule has 0 amide bonds. The Kier molecular flexibility index (Phi) is 5.40. The molecular formula is C19H21NO3. The third-order valence-corrected chi connectivity index (χ3v) is 3.90. The number of Topliss-reactive ketones (excluding diaryl/α,β-unsaturated/α-hetero) is 1. The lowest BCUT2D eigenvalue weighted by Crippen LogP contribution is -2.39. The minimum atomic E-state index is 0.140. The molecule has 23 heavy (non-hydrogen) atoms. The Morgan fingerprint density at radius 2 is 1.70 bits per heavy atom. The van der Waals surface area contributed by atoms with Crippen LogP contribution in [-0.4, -0.2) is 43.5 Å². The Bertz CT molecular complexity index is 619. The van der Waals surface area contributed by atoms with E-state index in [0.717, 1.165) is 30.0 Å². The predicted octanol–water partition coefficient (Wildman–Crippen LogP) is 2.78. The molecule has 0 aromatic heterocycles. The fourth-order valence-electron chi connectivity index (χ4n) is 2.53. The van der Waals surface area contributed by atoms with E-state index in [1.165, 1.54) is 0 Å². The number of benzene rings is 2. The first kappa shape index (κ1) is 15.7. The minimum absolute atomic E-state index is 0.140. The van der Waals surface area contributed by atoms with Crippen molar-refractivity contribution in [2.75, 3.05) is 32.8 Å². The van der Waals surface area contributed by atoms with Crippen molar-refractivity contribution in [1.29, 1.82) is 0 Å². The van der Waals surface area contributed by atoms with Crippen LogP contribution in [0.3, 0.4) is 0 Å². The van der Waals surface area contributed by atoms with Crippen LogP contribution >= 0.6 is 0 Å². The summed E-state index contributed by atoms with van der Waals surface area (Å²) < 4.78 is 11.0. The lowest BCUT2D eigenvalue weighted by atomic mass is 10.1. The quantitative estimate of drug-likeness (QED) is 0.769. The van der Waals surface area contributed by atoms with E-state index in [9.17, 15) is 4.79 Å². The molecule has 120 valence electrons. The molecule has 0 radical (unpaired) electrons. The standard InChI is InChI=1S/C19H21NO3/c21-19(14-20-10-12-22-13-11-20)17-6-8-18(9-7-17)23-15-16-4-2-1-3-5-16/h1-9H,10-15H2. The van der Waals surface area contributed by atoms with Crippen LogP contribution in [0, 0.1) is 0 Å². The smallest absolute Gasteiger partial charge is 0.176 e. The molecule has 1 fully saturated rings. The number of morpholine rings is 1. The maximum Gasteiger partial charge on any atom is 0.176 e. The van der Waals surface area contributed by atoms with Crippen molar-refractivity contribution in [3.05, 3.63) is 65.7 Å². The highest BCUT2D eigenvalue weighted by Gasteiger charge is 2.15. The van der Waals surface area contributed by atoms with Crippen LogP contribution in [0.15, 0.2) is 54.6 Å². The molecule has 0 saturated carbocycles. The molecule has 1 aliphatic rings. The van der Waals surface area contributed by atoms with Crippen LogP contribution in [0.5, 0.6) is 5.75 Å². The van der Waals surface area contributed by atoms with Gasteiger partial charge in [-0.05, 0) is 29.8 Å². The van der Waals surface area contributed by atoms with E-state index in [2.05, 4.69) is 4.90 Å².